The molecule has 2 fully saturated rings. The van der Waals surface area contributed by atoms with Crippen LogP contribution in [-0.4, -0.2) is 53.6 Å². The first-order valence-corrected chi connectivity index (χ1v) is 9.87. The van der Waals surface area contributed by atoms with E-state index in [0.29, 0.717) is 12.1 Å². The van der Waals surface area contributed by atoms with Crippen LogP contribution in [0.5, 0.6) is 0 Å². The molecule has 8 nitrogen and oxygen atoms in total. The molecule has 0 bridgehead atoms. The van der Waals surface area contributed by atoms with Gasteiger partial charge in [-0.05, 0) is 11.6 Å². The number of hydrogen-bond donors (Lipinski definition) is 0. The number of esters is 3. The lowest BCUT2D eigenvalue weighted by Crippen LogP contribution is -2.49. The Morgan fingerprint density at radius 2 is 1.97 bits per heavy atom. The van der Waals surface area contributed by atoms with Gasteiger partial charge in [0.1, 0.15) is 19.0 Å². The predicted molar refractivity (Wildman–Crippen MR) is 106 cm³/mol. The molecule has 0 spiro atoms. The van der Waals surface area contributed by atoms with E-state index in [-0.39, 0.29) is 19.0 Å². The van der Waals surface area contributed by atoms with E-state index in [0.717, 1.165) is 5.56 Å². The number of rotatable bonds is 7. The molecular weight excluding hydrogens is 437 g/mol. The standard InChI is InChI=1S/C20H19Cl2NO7/c1-27-16(24)10-13-9-15-23(13)17(14(30-15)7-8-28-20(26)18(21)22)19(25)29-11-12-5-3-2-4-6-12/h2-7,10,15,17-18H,8-9,11H2,1H3/b13-10-,14-7-/t15-,17-/m1/s1. The van der Waals surface area contributed by atoms with Crippen molar-refractivity contribution in [3.05, 3.63) is 59.5 Å². The third-order valence-corrected chi connectivity index (χ3v) is 4.82. The summed E-state index contributed by atoms with van der Waals surface area (Å²) in [7, 11) is 1.27. The van der Waals surface area contributed by atoms with Crippen LogP contribution in [-0.2, 0) is 39.9 Å². The second-order valence-corrected chi connectivity index (χ2v) is 7.47. The highest BCUT2D eigenvalue weighted by molar-refractivity contribution is 6.52. The molecule has 2 saturated heterocycles. The predicted octanol–water partition coefficient (Wildman–Crippen LogP) is 2.45. The highest BCUT2D eigenvalue weighted by atomic mass is 35.5. The summed E-state index contributed by atoms with van der Waals surface area (Å²) in [6, 6.07) is 8.27. The summed E-state index contributed by atoms with van der Waals surface area (Å²) in [6.45, 7) is -0.115. The van der Waals surface area contributed by atoms with E-state index in [4.69, 9.17) is 37.4 Å². The van der Waals surface area contributed by atoms with Crippen molar-refractivity contribution in [3.8, 4) is 0 Å². The van der Waals surface area contributed by atoms with Gasteiger partial charge >= 0.3 is 17.9 Å². The summed E-state index contributed by atoms with van der Waals surface area (Å²) in [5.74, 6) is -1.67. The van der Waals surface area contributed by atoms with Gasteiger partial charge in [0.2, 0.25) is 4.84 Å². The Morgan fingerprint density at radius 1 is 1.23 bits per heavy atom. The fourth-order valence-electron chi connectivity index (χ4n) is 3.04. The van der Waals surface area contributed by atoms with E-state index in [2.05, 4.69) is 4.74 Å². The van der Waals surface area contributed by atoms with Crippen molar-refractivity contribution >= 4 is 41.1 Å². The molecule has 0 radical (unpaired) electrons. The van der Waals surface area contributed by atoms with Crippen LogP contribution in [0.3, 0.4) is 0 Å². The molecule has 2 atom stereocenters. The van der Waals surface area contributed by atoms with Gasteiger partial charge in [-0.15, -0.1) is 0 Å². The fourth-order valence-corrected chi connectivity index (χ4v) is 3.16. The number of methoxy groups -OCH3 is 1. The second kappa shape index (κ2) is 9.86. The first kappa shape index (κ1) is 22.0. The molecule has 0 amide bonds. The number of fused-ring (bicyclic) bond motifs is 1. The molecule has 10 heteroatoms. The van der Waals surface area contributed by atoms with E-state index in [1.54, 1.807) is 4.90 Å². The van der Waals surface area contributed by atoms with Crippen LogP contribution >= 0.6 is 23.2 Å². The smallest absolute Gasteiger partial charge is 0.339 e. The largest absolute Gasteiger partial charge is 0.472 e. The van der Waals surface area contributed by atoms with Gasteiger partial charge in [-0.3, -0.25) is 0 Å². The Kier molecular flexibility index (Phi) is 7.23. The van der Waals surface area contributed by atoms with Gasteiger partial charge in [0.25, 0.3) is 0 Å². The minimum Gasteiger partial charge on any atom is -0.472 e. The van der Waals surface area contributed by atoms with Crippen molar-refractivity contribution < 1.29 is 33.3 Å². The number of carbonyl (C=O) groups excluding carboxylic acids is 3. The van der Waals surface area contributed by atoms with Crippen LogP contribution in [0.25, 0.3) is 0 Å². The van der Waals surface area contributed by atoms with Gasteiger partial charge in [0.15, 0.2) is 12.3 Å². The van der Waals surface area contributed by atoms with Crippen LogP contribution in [0.4, 0.5) is 0 Å². The average Bonchev–Trinajstić information content (AvgIpc) is 3.02. The lowest BCUT2D eigenvalue weighted by atomic mass is 10.0. The van der Waals surface area contributed by atoms with Crippen LogP contribution in [0.1, 0.15) is 12.0 Å². The molecule has 2 aliphatic heterocycles. The van der Waals surface area contributed by atoms with Gasteiger partial charge < -0.3 is 23.8 Å². The molecule has 0 saturated carbocycles. The van der Waals surface area contributed by atoms with E-state index in [9.17, 15) is 14.4 Å². The first-order chi connectivity index (χ1) is 14.4. The van der Waals surface area contributed by atoms with Crippen molar-refractivity contribution in [2.24, 2.45) is 0 Å². The van der Waals surface area contributed by atoms with Crippen LogP contribution < -0.4 is 0 Å². The SMILES string of the molecule is COC(=O)/C=C1/C[C@H]2O/C(=C\COC(=O)C(Cl)Cl)[C@H](C(=O)OCc3ccccc3)N12. The molecule has 0 aliphatic carbocycles. The summed E-state index contributed by atoms with van der Waals surface area (Å²) in [4.78, 5) is 36.2. The molecule has 2 aliphatic rings. The molecule has 3 rings (SSSR count). The van der Waals surface area contributed by atoms with E-state index in [1.807, 2.05) is 30.3 Å². The third-order valence-electron chi connectivity index (χ3n) is 4.47. The highest BCUT2D eigenvalue weighted by Crippen LogP contribution is 2.43. The number of hydrogen-bond acceptors (Lipinski definition) is 8. The number of carbonyl (C=O) groups is 3. The maximum Gasteiger partial charge on any atom is 0.339 e. The van der Waals surface area contributed by atoms with Crippen molar-refractivity contribution in [1.29, 1.82) is 0 Å². The maximum atomic E-state index is 12.8. The summed E-state index contributed by atoms with van der Waals surface area (Å²) in [5, 5.41) is 0. The number of benzene rings is 1. The zero-order valence-electron chi connectivity index (χ0n) is 16.0. The Labute approximate surface area is 182 Å². The monoisotopic (exact) mass is 455 g/mol. The molecule has 0 aromatic heterocycles. The van der Waals surface area contributed by atoms with Gasteiger partial charge in [0, 0.05) is 18.2 Å². The van der Waals surface area contributed by atoms with E-state index < -0.39 is 35.0 Å². The topological polar surface area (TPSA) is 91.4 Å². The van der Waals surface area contributed by atoms with Gasteiger partial charge in [-0.2, -0.15) is 0 Å². The van der Waals surface area contributed by atoms with Crippen LogP contribution in [0, 0.1) is 0 Å². The Morgan fingerprint density at radius 3 is 2.63 bits per heavy atom. The van der Waals surface area contributed by atoms with E-state index >= 15 is 0 Å². The molecule has 1 aromatic carbocycles. The molecule has 1 aromatic rings. The van der Waals surface area contributed by atoms with Crippen molar-refractivity contribution in [3.63, 3.8) is 0 Å². The number of halogens is 2. The summed E-state index contributed by atoms with van der Waals surface area (Å²) < 4.78 is 20.8. The minimum absolute atomic E-state index is 0.0766. The summed E-state index contributed by atoms with van der Waals surface area (Å²) in [6.07, 6.45) is 2.72. The minimum atomic E-state index is -1.31. The molecule has 160 valence electrons. The Hall–Kier alpha value is -2.71. The molecular formula is C20H19Cl2NO7. The average molecular weight is 456 g/mol. The van der Waals surface area contributed by atoms with Gasteiger partial charge in [0.05, 0.1) is 7.11 Å². The Bertz CT molecular complexity index is 869. The number of ether oxygens (including phenoxy) is 4. The lowest BCUT2D eigenvalue weighted by molar-refractivity contribution is -0.150. The zero-order valence-corrected chi connectivity index (χ0v) is 17.5. The molecule has 0 unspecified atom stereocenters. The van der Waals surface area contributed by atoms with Crippen molar-refractivity contribution in [2.45, 2.75) is 30.1 Å². The lowest BCUT2D eigenvalue weighted by Gasteiger charge is -2.39. The highest BCUT2D eigenvalue weighted by Gasteiger charge is 2.52. The summed E-state index contributed by atoms with van der Waals surface area (Å²) in [5.41, 5.74) is 1.40. The Balaban J connectivity index is 1.74. The number of nitrogens with zero attached hydrogens (tertiary/aromatic N) is 1. The van der Waals surface area contributed by atoms with Crippen LogP contribution in [0.2, 0.25) is 0 Å². The number of alkyl halides is 2. The van der Waals surface area contributed by atoms with Crippen molar-refractivity contribution in [1.82, 2.24) is 4.90 Å². The first-order valence-electron chi connectivity index (χ1n) is 8.99. The molecule has 30 heavy (non-hydrogen) atoms. The second-order valence-electron chi connectivity index (χ2n) is 6.38. The molecule has 0 N–H and O–H groups in total. The quantitative estimate of drug-likeness (QED) is 0.268. The van der Waals surface area contributed by atoms with Crippen molar-refractivity contribution in [2.75, 3.05) is 13.7 Å². The molecule has 2 heterocycles. The third kappa shape index (κ3) is 5.06. The van der Waals surface area contributed by atoms with Gasteiger partial charge in [-0.25, -0.2) is 14.4 Å². The van der Waals surface area contributed by atoms with E-state index in [1.165, 1.54) is 19.3 Å². The summed E-state index contributed by atoms with van der Waals surface area (Å²) >= 11 is 10.9. The maximum absolute atomic E-state index is 12.8. The fraction of sp³-hybridized carbons (Fsp3) is 0.350. The van der Waals surface area contributed by atoms with Crippen LogP contribution in [0.15, 0.2) is 53.9 Å². The zero-order chi connectivity index (χ0) is 21.7. The van der Waals surface area contributed by atoms with Gasteiger partial charge in [-0.1, -0.05) is 53.5 Å². The normalized spacial score (nSPS) is 22.3.